The Morgan fingerprint density at radius 2 is 2.35 bits per heavy atom. The maximum Gasteiger partial charge on any atom is 0.303 e. The summed E-state index contributed by atoms with van der Waals surface area (Å²) in [6.45, 7) is 2.57. The number of benzene rings is 1. The highest BCUT2D eigenvalue weighted by atomic mass is 16.5. The Hall–Kier alpha value is -1.71. The van der Waals surface area contributed by atoms with Crippen LogP contribution in [0, 0.1) is 0 Å². The molecule has 0 saturated carbocycles. The SMILES string of the molecule is COc1ccc(C(C)CC(=O)O)c2c1OCC2. The smallest absolute Gasteiger partial charge is 0.303 e. The quantitative estimate of drug-likeness (QED) is 0.870. The largest absolute Gasteiger partial charge is 0.493 e. The lowest BCUT2D eigenvalue weighted by atomic mass is 9.91. The van der Waals surface area contributed by atoms with E-state index in [4.69, 9.17) is 14.6 Å². The van der Waals surface area contributed by atoms with Gasteiger partial charge in [-0.3, -0.25) is 4.79 Å². The normalized spacial score (nSPS) is 14.9. The van der Waals surface area contributed by atoms with Gasteiger partial charge in [0, 0.05) is 12.0 Å². The van der Waals surface area contributed by atoms with Crippen molar-refractivity contribution < 1.29 is 19.4 Å². The molecule has 1 atom stereocenters. The van der Waals surface area contributed by atoms with Crippen molar-refractivity contribution >= 4 is 5.97 Å². The number of hydrogen-bond donors (Lipinski definition) is 1. The minimum absolute atomic E-state index is 0.00569. The predicted molar refractivity (Wildman–Crippen MR) is 62.9 cm³/mol. The summed E-state index contributed by atoms with van der Waals surface area (Å²) in [7, 11) is 1.61. The zero-order chi connectivity index (χ0) is 12.4. The molecule has 0 saturated heterocycles. The average Bonchev–Trinajstić information content (AvgIpc) is 2.75. The molecule has 0 aromatic heterocycles. The van der Waals surface area contributed by atoms with E-state index in [9.17, 15) is 4.79 Å². The first-order valence-electron chi connectivity index (χ1n) is 5.67. The van der Waals surface area contributed by atoms with E-state index in [2.05, 4.69) is 0 Å². The first-order valence-corrected chi connectivity index (χ1v) is 5.67. The van der Waals surface area contributed by atoms with Gasteiger partial charge in [0.15, 0.2) is 11.5 Å². The summed E-state index contributed by atoms with van der Waals surface area (Å²) in [5.74, 6) is 0.723. The molecule has 1 aromatic carbocycles. The average molecular weight is 236 g/mol. The van der Waals surface area contributed by atoms with Crippen molar-refractivity contribution in [2.45, 2.75) is 25.7 Å². The van der Waals surface area contributed by atoms with Gasteiger partial charge in [-0.15, -0.1) is 0 Å². The molecule has 2 rings (SSSR count). The second-order valence-corrected chi connectivity index (χ2v) is 4.26. The second-order valence-electron chi connectivity index (χ2n) is 4.26. The highest BCUT2D eigenvalue weighted by molar-refractivity contribution is 5.68. The lowest BCUT2D eigenvalue weighted by molar-refractivity contribution is -0.137. The van der Waals surface area contributed by atoms with Gasteiger partial charge < -0.3 is 14.6 Å². The zero-order valence-electron chi connectivity index (χ0n) is 10.0. The summed E-state index contributed by atoms with van der Waals surface area (Å²) < 4.78 is 10.8. The highest BCUT2D eigenvalue weighted by Gasteiger charge is 2.24. The summed E-state index contributed by atoms with van der Waals surface area (Å²) in [4.78, 5) is 10.8. The van der Waals surface area contributed by atoms with Crippen molar-refractivity contribution in [3.63, 3.8) is 0 Å². The van der Waals surface area contributed by atoms with E-state index in [1.807, 2.05) is 19.1 Å². The van der Waals surface area contributed by atoms with Crippen LogP contribution in [-0.4, -0.2) is 24.8 Å². The summed E-state index contributed by atoms with van der Waals surface area (Å²) in [5, 5.41) is 8.84. The van der Waals surface area contributed by atoms with Crippen LogP contribution in [0.15, 0.2) is 12.1 Å². The van der Waals surface area contributed by atoms with Crippen LogP contribution in [0.2, 0.25) is 0 Å². The van der Waals surface area contributed by atoms with E-state index in [1.54, 1.807) is 7.11 Å². The Balaban J connectivity index is 2.36. The summed E-state index contributed by atoms with van der Waals surface area (Å²) in [6.07, 6.45) is 0.963. The van der Waals surface area contributed by atoms with Crippen LogP contribution in [0.3, 0.4) is 0 Å². The van der Waals surface area contributed by atoms with Gasteiger partial charge in [0.1, 0.15) is 0 Å². The molecular formula is C13H16O4. The molecule has 0 radical (unpaired) electrons. The van der Waals surface area contributed by atoms with Crippen LogP contribution in [0.25, 0.3) is 0 Å². The van der Waals surface area contributed by atoms with Crippen LogP contribution in [0.4, 0.5) is 0 Å². The van der Waals surface area contributed by atoms with Gasteiger partial charge in [-0.2, -0.15) is 0 Å². The molecule has 1 N–H and O–H groups in total. The maximum atomic E-state index is 10.8. The zero-order valence-corrected chi connectivity index (χ0v) is 10.0. The first kappa shape index (κ1) is 11.8. The summed E-state index contributed by atoms with van der Waals surface area (Å²) >= 11 is 0. The Labute approximate surface area is 100 Å². The number of carbonyl (C=O) groups is 1. The topological polar surface area (TPSA) is 55.8 Å². The van der Waals surface area contributed by atoms with Crippen LogP contribution in [0.5, 0.6) is 11.5 Å². The van der Waals surface area contributed by atoms with Crippen molar-refractivity contribution in [2.24, 2.45) is 0 Å². The van der Waals surface area contributed by atoms with Crippen molar-refractivity contribution in [2.75, 3.05) is 13.7 Å². The van der Waals surface area contributed by atoms with E-state index >= 15 is 0 Å². The molecule has 1 heterocycles. The first-order chi connectivity index (χ1) is 8.13. The molecule has 0 amide bonds. The third-order valence-electron chi connectivity index (χ3n) is 3.09. The fraction of sp³-hybridized carbons (Fsp3) is 0.462. The molecule has 4 nitrogen and oxygen atoms in total. The van der Waals surface area contributed by atoms with Gasteiger partial charge in [-0.25, -0.2) is 0 Å². The van der Waals surface area contributed by atoms with Gasteiger partial charge >= 0.3 is 5.97 Å². The number of fused-ring (bicyclic) bond motifs is 1. The van der Waals surface area contributed by atoms with E-state index < -0.39 is 5.97 Å². The summed E-state index contributed by atoms with van der Waals surface area (Å²) in [6, 6.07) is 3.79. The third-order valence-corrected chi connectivity index (χ3v) is 3.09. The van der Waals surface area contributed by atoms with E-state index in [0.29, 0.717) is 6.61 Å². The Kier molecular flexibility index (Phi) is 3.22. The lowest BCUT2D eigenvalue weighted by Crippen LogP contribution is -2.05. The van der Waals surface area contributed by atoms with Gasteiger partial charge in [0.25, 0.3) is 0 Å². The molecule has 4 heteroatoms. The summed E-state index contributed by atoms with van der Waals surface area (Å²) in [5.41, 5.74) is 2.15. The van der Waals surface area contributed by atoms with E-state index in [0.717, 1.165) is 29.0 Å². The molecule has 0 spiro atoms. The highest BCUT2D eigenvalue weighted by Crippen LogP contribution is 2.40. The van der Waals surface area contributed by atoms with Gasteiger partial charge in [-0.1, -0.05) is 13.0 Å². The van der Waals surface area contributed by atoms with Crippen LogP contribution in [0.1, 0.15) is 30.4 Å². The minimum Gasteiger partial charge on any atom is -0.493 e. The second kappa shape index (κ2) is 4.65. The number of hydrogen-bond acceptors (Lipinski definition) is 3. The fourth-order valence-corrected chi connectivity index (χ4v) is 2.29. The van der Waals surface area contributed by atoms with Gasteiger partial charge in [0.2, 0.25) is 0 Å². The van der Waals surface area contributed by atoms with E-state index in [1.165, 1.54) is 0 Å². The molecule has 0 fully saturated rings. The molecule has 1 aliphatic rings. The van der Waals surface area contributed by atoms with Gasteiger partial charge in [0.05, 0.1) is 20.1 Å². The third kappa shape index (κ3) is 2.20. The predicted octanol–water partition coefficient (Wildman–Crippen LogP) is 2.21. The molecule has 1 unspecified atom stereocenters. The van der Waals surface area contributed by atoms with Crippen molar-refractivity contribution in [1.82, 2.24) is 0 Å². The Morgan fingerprint density at radius 1 is 1.59 bits per heavy atom. The minimum atomic E-state index is -0.777. The van der Waals surface area contributed by atoms with Crippen LogP contribution in [-0.2, 0) is 11.2 Å². The standard InChI is InChI=1S/C13H16O4/c1-8(7-12(14)15)9-3-4-11(16-2)13-10(9)5-6-17-13/h3-4,8H,5-7H2,1-2H3,(H,14,15). The fourth-order valence-electron chi connectivity index (χ4n) is 2.29. The van der Waals surface area contributed by atoms with E-state index in [-0.39, 0.29) is 12.3 Å². The van der Waals surface area contributed by atoms with Crippen molar-refractivity contribution in [3.8, 4) is 11.5 Å². The maximum absolute atomic E-state index is 10.8. The number of rotatable bonds is 4. The number of carboxylic acid groups (broad SMARTS) is 1. The molecule has 0 bridgehead atoms. The molecular weight excluding hydrogens is 220 g/mol. The number of aliphatic carboxylic acids is 1. The van der Waals surface area contributed by atoms with Crippen molar-refractivity contribution in [1.29, 1.82) is 0 Å². The lowest BCUT2D eigenvalue weighted by Gasteiger charge is -2.15. The Bertz CT molecular complexity index is 439. The number of methoxy groups -OCH3 is 1. The Morgan fingerprint density at radius 3 is 3.00 bits per heavy atom. The molecule has 1 aliphatic heterocycles. The van der Waals surface area contributed by atoms with Crippen LogP contribution < -0.4 is 9.47 Å². The van der Waals surface area contributed by atoms with Crippen LogP contribution >= 0.6 is 0 Å². The number of carboxylic acids is 1. The van der Waals surface area contributed by atoms with Gasteiger partial charge in [-0.05, 0) is 17.5 Å². The van der Waals surface area contributed by atoms with Crippen molar-refractivity contribution in [3.05, 3.63) is 23.3 Å². The molecule has 17 heavy (non-hydrogen) atoms. The number of ether oxygens (including phenoxy) is 2. The molecule has 92 valence electrons. The molecule has 1 aromatic rings. The monoisotopic (exact) mass is 236 g/mol. The molecule has 0 aliphatic carbocycles.